The summed E-state index contributed by atoms with van der Waals surface area (Å²) < 4.78 is 13.5. The molecule has 0 radical (unpaired) electrons. The summed E-state index contributed by atoms with van der Waals surface area (Å²) in [5, 5.41) is 6.73. The fourth-order valence-corrected chi connectivity index (χ4v) is 3.79. The molecule has 27 heavy (non-hydrogen) atoms. The van der Waals surface area contributed by atoms with Gasteiger partial charge in [0, 0.05) is 51.6 Å². The molecule has 0 amide bonds. The highest BCUT2D eigenvalue weighted by atomic mass is 32.2. The highest BCUT2D eigenvalue weighted by molar-refractivity contribution is 7.97. The number of benzene rings is 1. The first-order chi connectivity index (χ1) is 13.2. The van der Waals surface area contributed by atoms with E-state index in [0.717, 1.165) is 75.2 Å². The van der Waals surface area contributed by atoms with Crippen LogP contribution in [0.5, 0.6) is 0 Å². The van der Waals surface area contributed by atoms with Crippen LogP contribution in [-0.2, 0) is 12.3 Å². The van der Waals surface area contributed by atoms with Crippen LogP contribution in [0.15, 0.2) is 23.2 Å². The number of hydrogen-bond acceptors (Lipinski definition) is 4. The first kappa shape index (κ1) is 22.0. The Morgan fingerprint density at radius 3 is 2.52 bits per heavy atom. The lowest BCUT2D eigenvalue weighted by Gasteiger charge is -2.34. The van der Waals surface area contributed by atoms with Gasteiger partial charge in [-0.2, -0.15) is 11.8 Å². The van der Waals surface area contributed by atoms with Gasteiger partial charge in [0.05, 0.1) is 6.54 Å². The SMILES string of the molecule is CCNC(=NCc1ccc(F)cc1CSC)NCCN1CCN(CC)CC1. The molecule has 5 nitrogen and oxygen atoms in total. The van der Waals surface area contributed by atoms with E-state index < -0.39 is 0 Å². The summed E-state index contributed by atoms with van der Waals surface area (Å²) in [4.78, 5) is 9.69. The van der Waals surface area contributed by atoms with Gasteiger partial charge in [0.1, 0.15) is 5.82 Å². The average molecular weight is 396 g/mol. The largest absolute Gasteiger partial charge is 0.357 e. The van der Waals surface area contributed by atoms with E-state index in [2.05, 4.69) is 34.3 Å². The number of piperazine rings is 1. The van der Waals surface area contributed by atoms with Crippen LogP contribution in [0, 0.1) is 5.82 Å². The third-order valence-electron chi connectivity index (χ3n) is 4.85. The second-order valence-corrected chi connectivity index (χ2v) is 7.61. The van der Waals surface area contributed by atoms with Crippen molar-refractivity contribution >= 4 is 17.7 Å². The number of halogens is 1. The lowest BCUT2D eigenvalue weighted by atomic mass is 10.1. The van der Waals surface area contributed by atoms with E-state index in [9.17, 15) is 4.39 Å². The van der Waals surface area contributed by atoms with E-state index in [4.69, 9.17) is 4.99 Å². The summed E-state index contributed by atoms with van der Waals surface area (Å²) in [6.45, 7) is 13.3. The van der Waals surface area contributed by atoms with Gasteiger partial charge >= 0.3 is 0 Å². The summed E-state index contributed by atoms with van der Waals surface area (Å²) in [5.74, 6) is 1.44. The first-order valence-corrected chi connectivity index (χ1v) is 11.3. The van der Waals surface area contributed by atoms with Gasteiger partial charge in [-0.3, -0.25) is 4.90 Å². The Hall–Kier alpha value is -1.31. The molecule has 0 aliphatic carbocycles. The number of rotatable bonds is 9. The third kappa shape index (κ3) is 7.68. The van der Waals surface area contributed by atoms with E-state index in [1.54, 1.807) is 17.8 Å². The molecule has 1 aromatic rings. The summed E-state index contributed by atoms with van der Waals surface area (Å²) in [5.41, 5.74) is 2.11. The molecule has 0 unspecified atom stereocenters. The van der Waals surface area contributed by atoms with Gasteiger partial charge in [-0.1, -0.05) is 13.0 Å². The first-order valence-electron chi connectivity index (χ1n) is 9.89. The monoisotopic (exact) mass is 395 g/mol. The maximum absolute atomic E-state index is 13.5. The van der Waals surface area contributed by atoms with Crippen molar-refractivity contribution in [3.63, 3.8) is 0 Å². The van der Waals surface area contributed by atoms with Crippen LogP contribution in [0.4, 0.5) is 4.39 Å². The Morgan fingerprint density at radius 1 is 1.11 bits per heavy atom. The highest BCUT2D eigenvalue weighted by Gasteiger charge is 2.14. The van der Waals surface area contributed by atoms with Crippen LogP contribution in [0.25, 0.3) is 0 Å². The smallest absolute Gasteiger partial charge is 0.191 e. The summed E-state index contributed by atoms with van der Waals surface area (Å²) >= 11 is 1.70. The molecule has 0 spiro atoms. The molecule has 0 saturated carbocycles. The fraction of sp³-hybridized carbons (Fsp3) is 0.650. The third-order valence-corrected chi connectivity index (χ3v) is 5.45. The highest BCUT2D eigenvalue weighted by Crippen LogP contribution is 2.17. The lowest BCUT2D eigenvalue weighted by molar-refractivity contribution is 0.139. The molecule has 2 rings (SSSR count). The van der Waals surface area contributed by atoms with Crippen molar-refractivity contribution in [2.45, 2.75) is 26.1 Å². The number of nitrogens with zero attached hydrogens (tertiary/aromatic N) is 3. The van der Waals surface area contributed by atoms with Crippen LogP contribution < -0.4 is 10.6 Å². The molecule has 2 N–H and O–H groups in total. The Kier molecular flexibility index (Phi) is 9.94. The minimum absolute atomic E-state index is 0.181. The van der Waals surface area contributed by atoms with Crippen LogP contribution in [-0.4, -0.2) is 74.4 Å². The van der Waals surface area contributed by atoms with E-state index in [-0.39, 0.29) is 5.82 Å². The van der Waals surface area contributed by atoms with Crippen LogP contribution >= 0.6 is 11.8 Å². The Labute approximate surface area is 167 Å². The van der Waals surface area contributed by atoms with Crippen molar-refractivity contribution < 1.29 is 4.39 Å². The number of hydrogen-bond donors (Lipinski definition) is 2. The number of guanidine groups is 1. The van der Waals surface area contributed by atoms with E-state index in [1.807, 2.05) is 12.3 Å². The molecule has 0 bridgehead atoms. The number of aliphatic imine (C=N–C) groups is 1. The molecule has 7 heteroatoms. The topological polar surface area (TPSA) is 42.9 Å². The average Bonchev–Trinajstić information content (AvgIpc) is 2.68. The Bertz CT molecular complexity index is 588. The molecule has 1 heterocycles. The molecule has 1 aliphatic heterocycles. The summed E-state index contributed by atoms with van der Waals surface area (Å²) in [7, 11) is 0. The Morgan fingerprint density at radius 2 is 1.85 bits per heavy atom. The van der Waals surface area contributed by atoms with Gasteiger partial charge < -0.3 is 15.5 Å². The van der Waals surface area contributed by atoms with Crippen molar-refractivity contribution in [2.75, 3.05) is 58.6 Å². The summed E-state index contributed by atoms with van der Waals surface area (Å²) in [6.07, 6.45) is 2.03. The zero-order chi connectivity index (χ0) is 19.5. The molecule has 0 atom stereocenters. The normalized spacial score (nSPS) is 16.5. The van der Waals surface area contributed by atoms with E-state index in [0.29, 0.717) is 6.54 Å². The van der Waals surface area contributed by atoms with Gasteiger partial charge in [-0.25, -0.2) is 9.38 Å². The standard InChI is InChI=1S/C20H34FN5S/c1-4-22-20(23-8-9-26-12-10-25(5-2)11-13-26)24-15-17-6-7-19(21)14-18(17)16-27-3/h6-7,14H,4-5,8-13,15-16H2,1-3H3,(H2,22,23,24). The van der Waals surface area contributed by atoms with Crippen molar-refractivity contribution in [3.8, 4) is 0 Å². The number of thioether (sulfide) groups is 1. The molecular weight excluding hydrogens is 361 g/mol. The maximum atomic E-state index is 13.5. The van der Waals surface area contributed by atoms with Gasteiger partial charge in [0.2, 0.25) is 0 Å². The lowest BCUT2D eigenvalue weighted by Crippen LogP contribution is -2.49. The molecule has 152 valence electrons. The predicted molar refractivity (Wildman–Crippen MR) is 115 cm³/mol. The maximum Gasteiger partial charge on any atom is 0.191 e. The second-order valence-electron chi connectivity index (χ2n) is 6.74. The second kappa shape index (κ2) is 12.2. The molecule has 1 aliphatic rings. The van der Waals surface area contributed by atoms with Crippen LogP contribution in [0.2, 0.25) is 0 Å². The zero-order valence-electron chi connectivity index (χ0n) is 16.9. The predicted octanol–water partition coefficient (Wildman–Crippen LogP) is 2.38. The number of nitrogens with one attached hydrogen (secondary N) is 2. The van der Waals surface area contributed by atoms with E-state index in [1.165, 1.54) is 6.07 Å². The number of likely N-dealkylation sites (N-methyl/N-ethyl adjacent to an activating group) is 1. The molecule has 1 fully saturated rings. The van der Waals surface area contributed by atoms with Crippen LogP contribution in [0.3, 0.4) is 0 Å². The molecule has 1 aromatic carbocycles. The fourth-order valence-electron chi connectivity index (χ4n) is 3.21. The van der Waals surface area contributed by atoms with Gasteiger partial charge in [0.25, 0.3) is 0 Å². The summed E-state index contributed by atoms with van der Waals surface area (Å²) in [6, 6.07) is 4.99. The Balaban J connectivity index is 1.85. The van der Waals surface area contributed by atoms with Crippen molar-refractivity contribution in [1.29, 1.82) is 0 Å². The van der Waals surface area contributed by atoms with Gasteiger partial charge in [-0.05, 0) is 43.0 Å². The minimum atomic E-state index is -0.181. The van der Waals surface area contributed by atoms with Crippen molar-refractivity contribution in [2.24, 2.45) is 4.99 Å². The van der Waals surface area contributed by atoms with E-state index >= 15 is 0 Å². The molecule has 1 saturated heterocycles. The molecule has 0 aromatic heterocycles. The van der Waals surface area contributed by atoms with Gasteiger partial charge in [-0.15, -0.1) is 0 Å². The van der Waals surface area contributed by atoms with Crippen molar-refractivity contribution in [3.05, 3.63) is 35.1 Å². The minimum Gasteiger partial charge on any atom is -0.357 e. The van der Waals surface area contributed by atoms with Crippen molar-refractivity contribution in [1.82, 2.24) is 20.4 Å². The zero-order valence-corrected chi connectivity index (χ0v) is 17.7. The van der Waals surface area contributed by atoms with Crippen LogP contribution in [0.1, 0.15) is 25.0 Å². The quantitative estimate of drug-likeness (QED) is 0.496. The van der Waals surface area contributed by atoms with Gasteiger partial charge in [0.15, 0.2) is 5.96 Å². The molecular formula is C20H34FN5S.